The molecule has 0 fully saturated rings. The third-order valence-corrected chi connectivity index (χ3v) is 7.31. The molecule has 0 N–H and O–H groups in total. The van der Waals surface area contributed by atoms with E-state index in [2.05, 4.69) is 40.4 Å². The minimum atomic E-state index is -1.69. The summed E-state index contributed by atoms with van der Waals surface area (Å²) in [6.07, 6.45) is 3.88. The Morgan fingerprint density at radius 1 is 1.40 bits per heavy atom. The SMILES string of the molecule is C=C(/C=C/C=O)CO[Si](C)(C)C(C)(C)C. The van der Waals surface area contributed by atoms with Gasteiger partial charge in [-0.2, -0.15) is 0 Å². The summed E-state index contributed by atoms with van der Waals surface area (Å²) in [7, 11) is -1.69. The van der Waals surface area contributed by atoms with Crippen LogP contribution in [0.4, 0.5) is 0 Å². The summed E-state index contributed by atoms with van der Waals surface area (Å²) < 4.78 is 5.92. The summed E-state index contributed by atoms with van der Waals surface area (Å²) in [6.45, 7) is 15.3. The van der Waals surface area contributed by atoms with Crippen LogP contribution < -0.4 is 0 Å². The van der Waals surface area contributed by atoms with E-state index in [1.165, 1.54) is 6.08 Å². The van der Waals surface area contributed by atoms with E-state index in [0.29, 0.717) is 6.61 Å². The van der Waals surface area contributed by atoms with E-state index in [9.17, 15) is 4.79 Å². The van der Waals surface area contributed by atoms with Crippen LogP contribution in [0.1, 0.15) is 20.8 Å². The molecule has 3 heteroatoms. The highest BCUT2D eigenvalue weighted by Gasteiger charge is 2.36. The molecule has 0 bridgehead atoms. The fourth-order valence-corrected chi connectivity index (χ4v) is 1.69. The van der Waals surface area contributed by atoms with Crippen molar-refractivity contribution in [3.8, 4) is 0 Å². The summed E-state index contributed by atoms with van der Waals surface area (Å²) in [4.78, 5) is 10.1. The first-order valence-corrected chi connectivity index (χ1v) is 8.05. The number of aldehydes is 1. The first-order valence-electron chi connectivity index (χ1n) is 5.14. The van der Waals surface area contributed by atoms with Gasteiger partial charge in [0.2, 0.25) is 0 Å². The van der Waals surface area contributed by atoms with Crippen LogP contribution in [-0.4, -0.2) is 21.2 Å². The molecule has 0 aliphatic heterocycles. The van der Waals surface area contributed by atoms with Gasteiger partial charge in [0.05, 0.1) is 6.61 Å². The Labute approximate surface area is 94.2 Å². The summed E-state index contributed by atoms with van der Waals surface area (Å²) in [5.41, 5.74) is 0.840. The lowest BCUT2D eigenvalue weighted by atomic mass is 10.2. The van der Waals surface area contributed by atoms with Gasteiger partial charge >= 0.3 is 0 Å². The molecule has 0 aliphatic rings. The minimum absolute atomic E-state index is 0.210. The van der Waals surface area contributed by atoms with Crippen molar-refractivity contribution in [1.29, 1.82) is 0 Å². The fourth-order valence-electron chi connectivity index (χ4n) is 0.713. The highest BCUT2D eigenvalue weighted by Crippen LogP contribution is 2.36. The van der Waals surface area contributed by atoms with Crippen LogP contribution in [0.25, 0.3) is 0 Å². The van der Waals surface area contributed by atoms with E-state index < -0.39 is 8.32 Å². The standard InChI is InChI=1S/C12H22O2Si/c1-11(8-7-9-13)10-14-15(5,6)12(2,3)4/h7-9H,1,10H2,2-6H3/b8-7+. The Hall–Kier alpha value is -0.673. The first kappa shape index (κ1) is 14.3. The molecule has 0 amide bonds. The average molecular weight is 226 g/mol. The smallest absolute Gasteiger partial charge is 0.192 e. The van der Waals surface area contributed by atoms with Gasteiger partial charge in [0, 0.05) is 0 Å². The van der Waals surface area contributed by atoms with Gasteiger partial charge in [-0.15, -0.1) is 0 Å². The predicted octanol–water partition coefficient (Wildman–Crippen LogP) is 3.32. The Bertz CT molecular complexity index is 259. The summed E-state index contributed by atoms with van der Waals surface area (Å²) in [5.74, 6) is 0. The largest absolute Gasteiger partial charge is 0.413 e. The van der Waals surface area contributed by atoms with Crippen LogP contribution in [0.15, 0.2) is 24.3 Å². The molecule has 86 valence electrons. The molecular weight excluding hydrogens is 204 g/mol. The zero-order chi connectivity index (χ0) is 12.1. The van der Waals surface area contributed by atoms with Crippen LogP contribution in [0.5, 0.6) is 0 Å². The molecule has 0 aromatic heterocycles. The molecule has 0 heterocycles. The molecule has 0 spiro atoms. The summed E-state index contributed by atoms with van der Waals surface area (Å²) in [5, 5.41) is 0.210. The van der Waals surface area contributed by atoms with Crippen molar-refractivity contribution in [2.45, 2.75) is 38.9 Å². The van der Waals surface area contributed by atoms with E-state index >= 15 is 0 Å². The van der Waals surface area contributed by atoms with E-state index in [1.807, 2.05) is 0 Å². The summed E-state index contributed by atoms with van der Waals surface area (Å²) >= 11 is 0. The second-order valence-electron chi connectivity index (χ2n) is 5.20. The second kappa shape index (κ2) is 5.42. The molecule has 0 radical (unpaired) electrons. The Kier molecular flexibility index (Phi) is 5.18. The number of hydrogen-bond donors (Lipinski definition) is 0. The van der Waals surface area contributed by atoms with Gasteiger partial charge in [-0.1, -0.05) is 33.4 Å². The van der Waals surface area contributed by atoms with Crippen molar-refractivity contribution in [2.24, 2.45) is 0 Å². The molecule has 0 atom stereocenters. The third kappa shape index (κ3) is 5.09. The van der Waals surface area contributed by atoms with E-state index in [1.54, 1.807) is 6.08 Å². The monoisotopic (exact) mass is 226 g/mol. The first-order chi connectivity index (χ1) is 6.70. The Morgan fingerprint density at radius 3 is 2.33 bits per heavy atom. The van der Waals surface area contributed by atoms with Gasteiger partial charge in [0.1, 0.15) is 6.29 Å². The van der Waals surface area contributed by atoms with Crippen molar-refractivity contribution < 1.29 is 9.22 Å². The number of allylic oxidation sites excluding steroid dienone is 1. The molecule has 0 rings (SSSR count). The van der Waals surface area contributed by atoms with Crippen molar-refractivity contribution >= 4 is 14.6 Å². The van der Waals surface area contributed by atoms with E-state index in [0.717, 1.165) is 11.9 Å². The topological polar surface area (TPSA) is 26.3 Å². The van der Waals surface area contributed by atoms with Gasteiger partial charge in [-0.05, 0) is 29.8 Å². The van der Waals surface area contributed by atoms with Crippen LogP contribution in [0.3, 0.4) is 0 Å². The Balaban J connectivity index is 4.22. The van der Waals surface area contributed by atoms with Gasteiger partial charge in [0.25, 0.3) is 0 Å². The third-order valence-electron chi connectivity index (χ3n) is 2.84. The lowest BCUT2D eigenvalue weighted by molar-refractivity contribution is -0.104. The van der Waals surface area contributed by atoms with Crippen molar-refractivity contribution in [3.05, 3.63) is 24.3 Å². The number of carbonyl (C=O) groups is 1. The molecule has 0 saturated heterocycles. The van der Waals surface area contributed by atoms with E-state index in [-0.39, 0.29) is 5.04 Å². The zero-order valence-corrected chi connectivity index (χ0v) is 11.5. The van der Waals surface area contributed by atoms with Gasteiger partial charge < -0.3 is 4.43 Å². The average Bonchev–Trinajstić information content (AvgIpc) is 2.09. The maximum absolute atomic E-state index is 10.1. The molecule has 0 aromatic carbocycles. The lowest BCUT2D eigenvalue weighted by Gasteiger charge is -2.36. The maximum Gasteiger partial charge on any atom is 0.192 e. The van der Waals surface area contributed by atoms with Gasteiger partial charge in [0.15, 0.2) is 8.32 Å². The highest BCUT2D eigenvalue weighted by atomic mass is 28.4. The van der Waals surface area contributed by atoms with Crippen molar-refractivity contribution in [3.63, 3.8) is 0 Å². The molecule has 15 heavy (non-hydrogen) atoms. The van der Waals surface area contributed by atoms with Crippen LogP contribution >= 0.6 is 0 Å². The minimum Gasteiger partial charge on any atom is -0.413 e. The predicted molar refractivity (Wildman–Crippen MR) is 67.5 cm³/mol. The van der Waals surface area contributed by atoms with Gasteiger partial charge in [-0.3, -0.25) is 4.79 Å². The Morgan fingerprint density at radius 2 is 1.93 bits per heavy atom. The summed E-state index contributed by atoms with van der Waals surface area (Å²) in [6, 6.07) is 0. The van der Waals surface area contributed by atoms with Crippen LogP contribution in [0.2, 0.25) is 18.1 Å². The number of rotatable bonds is 5. The van der Waals surface area contributed by atoms with Gasteiger partial charge in [-0.25, -0.2) is 0 Å². The van der Waals surface area contributed by atoms with Crippen LogP contribution in [0, 0.1) is 0 Å². The fraction of sp³-hybridized carbons (Fsp3) is 0.583. The second-order valence-corrected chi connectivity index (χ2v) is 10.0. The maximum atomic E-state index is 10.1. The highest BCUT2D eigenvalue weighted by molar-refractivity contribution is 6.74. The van der Waals surface area contributed by atoms with Crippen molar-refractivity contribution in [1.82, 2.24) is 0 Å². The molecule has 0 aromatic rings. The molecule has 2 nitrogen and oxygen atoms in total. The number of hydrogen-bond acceptors (Lipinski definition) is 2. The molecular formula is C12H22O2Si. The molecule has 0 saturated carbocycles. The zero-order valence-electron chi connectivity index (χ0n) is 10.5. The molecule has 0 unspecified atom stereocenters. The number of carbonyl (C=O) groups excluding carboxylic acids is 1. The lowest BCUT2D eigenvalue weighted by Crippen LogP contribution is -2.41. The molecule has 0 aliphatic carbocycles. The van der Waals surface area contributed by atoms with Crippen LogP contribution in [-0.2, 0) is 9.22 Å². The normalized spacial score (nSPS) is 13.1. The van der Waals surface area contributed by atoms with Crippen molar-refractivity contribution in [2.75, 3.05) is 6.61 Å². The quantitative estimate of drug-likeness (QED) is 0.311. The van der Waals surface area contributed by atoms with E-state index in [4.69, 9.17) is 4.43 Å².